The number of allylic oxidation sites excluding steroid dienone is 3. The Labute approximate surface area is 231 Å². The van der Waals surface area contributed by atoms with Crippen LogP contribution in [0.3, 0.4) is 0 Å². The van der Waals surface area contributed by atoms with E-state index in [1.165, 1.54) is 15.9 Å². The molecule has 2 aliphatic heterocycles. The van der Waals surface area contributed by atoms with Gasteiger partial charge in [-0.05, 0) is 48.8 Å². The van der Waals surface area contributed by atoms with Gasteiger partial charge in [0.05, 0.1) is 28.3 Å². The van der Waals surface area contributed by atoms with E-state index in [1.54, 1.807) is 18.2 Å². The van der Waals surface area contributed by atoms with Crippen LogP contribution in [0.1, 0.15) is 29.9 Å². The SMILES string of the molecule is C=C/C=C(\C=C)N1CCOc2ccc(-n3c(=O)c(N)nc4sc(C(=O)NC5CCN(CC(C)C)C5)cc43)cc21. The first-order valence-electron chi connectivity index (χ1n) is 13.1. The van der Waals surface area contributed by atoms with Gasteiger partial charge in [0, 0.05) is 31.4 Å². The summed E-state index contributed by atoms with van der Waals surface area (Å²) in [7, 11) is 0. The molecule has 0 bridgehead atoms. The second-order valence-electron chi connectivity index (χ2n) is 10.2. The van der Waals surface area contributed by atoms with Gasteiger partial charge in [-0.15, -0.1) is 11.3 Å². The van der Waals surface area contributed by atoms with Crippen molar-refractivity contribution in [3.63, 3.8) is 0 Å². The Kier molecular flexibility index (Phi) is 7.58. The molecule has 39 heavy (non-hydrogen) atoms. The van der Waals surface area contributed by atoms with E-state index in [-0.39, 0.29) is 17.8 Å². The summed E-state index contributed by atoms with van der Waals surface area (Å²) in [5.41, 5.74) is 8.41. The Morgan fingerprint density at radius 1 is 1.31 bits per heavy atom. The maximum Gasteiger partial charge on any atom is 0.298 e. The lowest BCUT2D eigenvalue weighted by molar-refractivity contribution is 0.0941. The molecule has 0 saturated carbocycles. The molecule has 1 amide bonds. The zero-order valence-electron chi connectivity index (χ0n) is 22.4. The largest absolute Gasteiger partial charge is 0.490 e. The van der Waals surface area contributed by atoms with E-state index in [0.717, 1.165) is 37.4 Å². The number of carbonyl (C=O) groups excluding carboxylic acids is 1. The van der Waals surface area contributed by atoms with Crippen LogP contribution in [-0.2, 0) is 0 Å². The summed E-state index contributed by atoms with van der Waals surface area (Å²) >= 11 is 1.23. The molecular formula is C29H34N6O3S. The van der Waals surface area contributed by atoms with E-state index in [9.17, 15) is 9.59 Å². The number of nitrogens with two attached hydrogens (primary N) is 1. The molecular weight excluding hydrogens is 512 g/mol. The number of fused-ring (bicyclic) bond motifs is 2. The summed E-state index contributed by atoms with van der Waals surface area (Å²) in [6.07, 6.45) is 6.26. The van der Waals surface area contributed by atoms with Gasteiger partial charge < -0.3 is 25.6 Å². The Balaban J connectivity index is 1.50. The minimum Gasteiger partial charge on any atom is -0.490 e. The van der Waals surface area contributed by atoms with Crippen LogP contribution in [0.15, 0.2) is 66.1 Å². The fourth-order valence-electron chi connectivity index (χ4n) is 5.25. The van der Waals surface area contributed by atoms with Crippen LogP contribution < -0.4 is 26.2 Å². The molecule has 1 fully saturated rings. The molecule has 1 unspecified atom stereocenters. The van der Waals surface area contributed by atoms with E-state index in [2.05, 4.69) is 47.1 Å². The topological polar surface area (TPSA) is 106 Å². The third kappa shape index (κ3) is 5.35. The fourth-order valence-corrected chi connectivity index (χ4v) is 6.18. The van der Waals surface area contributed by atoms with Crippen molar-refractivity contribution in [2.24, 2.45) is 5.92 Å². The Bertz CT molecular complexity index is 1520. The average molecular weight is 547 g/mol. The molecule has 0 radical (unpaired) electrons. The monoisotopic (exact) mass is 546 g/mol. The van der Waals surface area contributed by atoms with Crippen LogP contribution in [0.2, 0.25) is 0 Å². The summed E-state index contributed by atoms with van der Waals surface area (Å²) in [6.45, 7) is 16.1. The summed E-state index contributed by atoms with van der Waals surface area (Å²) in [5.74, 6) is 0.989. The molecule has 0 spiro atoms. The number of nitrogen functional groups attached to an aromatic ring is 1. The quantitative estimate of drug-likeness (QED) is 0.412. The molecule has 204 valence electrons. The summed E-state index contributed by atoms with van der Waals surface area (Å²) in [5, 5.41) is 3.16. The number of ether oxygens (including phenoxy) is 1. The zero-order valence-corrected chi connectivity index (χ0v) is 23.2. The molecule has 5 rings (SSSR count). The van der Waals surface area contributed by atoms with Crippen LogP contribution in [0.25, 0.3) is 16.0 Å². The Morgan fingerprint density at radius 2 is 2.13 bits per heavy atom. The van der Waals surface area contributed by atoms with Crippen LogP contribution in [0.5, 0.6) is 5.75 Å². The van der Waals surface area contributed by atoms with Gasteiger partial charge in [0.25, 0.3) is 11.5 Å². The minimum absolute atomic E-state index is 0.0935. The fraction of sp³-hybridized carbons (Fsp3) is 0.345. The van der Waals surface area contributed by atoms with Gasteiger partial charge in [-0.1, -0.05) is 33.1 Å². The Morgan fingerprint density at radius 3 is 2.87 bits per heavy atom. The molecule has 0 aliphatic carbocycles. The summed E-state index contributed by atoms with van der Waals surface area (Å²) < 4.78 is 7.40. The molecule has 9 nitrogen and oxygen atoms in total. The van der Waals surface area contributed by atoms with Gasteiger partial charge in [-0.25, -0.2) is 4.98 Å². The van der Waals surface area contributed by atoms with E-state index in [1.807, 2.05) is 24.3 Å². The van der Waals surface area contributed by atoms with Gasteiger partial charge in [0.1, 0.15) is 17.2 Å². The van der Waals surface area contributed by atoms with E-state index < -0.39 is 5.56 Å². The number of rotatable bonds is 8. The van der Waals surface area contributed by atoms with Crippen molar-refractivity contribution >= 4 is 39.1 Å². The molecule has 2 aromatic heterocycles. The number of likely N-dealkylation sites (tertiary alicyclic amines) is 1. The minimum atomic E-state index is -0.443. The number of carbonyl (C=O) groups is 1. The first-order chi connectivity index (χ1) is 18.8. The molecule has 3 N–H and O–H groups in total. The number of anilines is 2. The smallest absolute Gasteiger partial charge is 0.298 e. The number of hydrogen-bond donors (Lipinski definition) is 2. The molecule has 10 heteroatoms. The molecule has 1 atom stereocenters. The van der Waals surface area contributed by atoms with Crippen LogP contribution in [-0.4, -0.2) is 59.2 Å². The average Bonchev–Trinajstić information content (AvgIpc) is 3.53. The first kappa shape index (κ1) is 26.7. The maximum atomic E-state index is 13.3. The predicted molar refractivity (Wildman–Crippen MR) is 158 cm³/mol. The lowest BCUT2D eigenvalue weighted by Gasteiger charge is -2.32. The highest BCUT2D eigenvalue weighted by molar-refractivity contribution is 7.20. The van der Waals surface area contributed by atoms with Crippen molar-refractivity contribution in [2.45, 2.75) is 26.3 Å². The third-order valence-corrected chi connectivity index (χ3v) is 7.92. The second-order valence-corrected chi connectivity index (χ2v) is 11.3. The summed E-state index contributed by atoms with van der Waals surface area (Å²) in [4.78, 5) is 36.3. The number of thiophene rings is 1. The van der Waals surface area contributed by atoms with Gasteiger partial charge in [0.2, 0.25) is 0 Å². The number of aromatic nitrogens is 2. The highest BCUT2D eigenvalue weighted by Crippen LogP contribution is 2.37. The van der Waals surface area contributed by atoms with Gasteiger partial charge in [-0.3, -0.25) is 14.2 Å². The number of benzene rings is 1. The van der Waals surface area contributed by atoms with Crippen molar-refractivity contribution < 1.29 is 9.53 Å². The van der Waals surface area contributed by atoms with Crippen molar-refractivity contribution in [3.05, 3.63) is 76.6 Å². The second kappa shape index (κ2) is 11.1. The van der Waals surface area contributed by atoms with Crippen molar-refractivity contribution in [1.82, 2.24) is 19.8 Å². The highest BCUT2D eigenvalue weighted by Gasteiger charge is 2.26. The zero-order chi connectivity index (χ0) is 27.7. The lowest BCUT2D eigenvalue weighted by Crippen LogP contribution is -2.37. The number of amides is 1. The van der Waals surface area contributed by atoms with Crippen LogP contribution >= 0.6 is 11.3 Å². The number of nitrogens with one attached hydrogen (secondary N) is 1. The van der Waals surface area contributed by atoms with Crippen molar-refractivity contribution in [2.75, 3.05) is 43.4 Å². The normalized spacial score (nSPS) is 17.8. The van der Waals surface area contributed by atoms with Crippen molar-refractivity contribution in [1.29, 1.82) is 0 Å². The highest BCUT2D eigenvalue weighted by atomic mass is 32.1. The summed E-state index contributed by atoms with van der Waals surface area (Å²) in [6, 6.07) is 7.35. The molecule has 3 aromatic rings. The number of nitrogens with zero attached hydrogens (tertiary/aromatic N) is 4. The number of hydrogen-bond acceptors (Lipinski definition) is 8. The standard InChI is InChI=1S/C29H34N6O3S/c1-5-7-20(6-2)34-12-13-38-24-9-8-21(14-22(24)34)35-23-15-25(39-28(23)32-26(30)29(35)37)27(36)31-19-10-11-33(17-19)16-18(3)4/h5-9,14-15,18-19H,1-2,10-13,16-17H2,3-4H3,(H2,30,32)(H,31,36)/b20-7+. The molecule has 2 aliphatic rings. The first-order valence-corrected chi connectivity index (χ1v) is 14.0. The van der Waals surface area contributed by atoms with Crippen LogP contribution in [0.4, 0.5) is 11.5 Å². The van der Waals surface area contributed by atoms with E-state index >= 15 is 0 Å². The van der Waals surface area contributed by atoms with Gasteiger partial charge >= 0.3 is 0 Å². The molecule has 1 aromatic carbocycles. The Hall–Kier alpha value is -3.89. The van der Waals surface area contributed by atoms with Crippen molar-refractivity contribution in [3.8, 4) is 11.4 Å². The van der Waals surface area contributed by atoms with Crippen LogP contribution in [0, 0.1) is 5.92 Å². The lowest BCUT2D eigenvalue weighted by atomic mass is 10.1. The molecule has 1 saturated heterocycles. The molecule has 4 heterocycles. The maximum absolute atomic E-state index is 13.3. The van der Waals surface area contributed by atoms with E-state index in [4.69, 9.17) is 10.5 Å². The third-order valence-electron chi connectivity index (χ3n) is 6.91. The van der Waals surface area contributed by atoms with E-state index in [0.29, 0.717) is 45.7 Å². The predicted octanol–water partition coefficient (Wildman–Crippen LogP) is 3.94. The van der Waals surface area contributed by atoms with Gasteiger partial charge in [0.15, 0.2) is 5.82 Å². The van der Waals surface area contributed by atoms with Gasteiger partial charge in [-0.2, -0.15) is 0 Å².